The van der Waals surface area contributed by atoms with Crippen molar-refractivity contribution in [2.24, 2.45) is 0 Å². The lowest BCUT2D eigenvalue weighted by molar-refractivity contribution is -0.120. The molecule has 86 valence electrons. The number of H-pyrrole nitrogens is 1. The molecule has 1 unspecified atom stereocenters. The van der Waals surface area contributed by atoms with E-state index in [0.29, 0.717) is 30.7 Å². The third-order valence-corrected chi connectivity index (χ3v) is 4.15. The van der Waals surface area contributed by atoms with Gasteiger partial charge >= 0.3 is 0 Å². The zero-order valence-electron chi connectivity index (χ0n) is 9.49. The third kappa shape index (κ3) is 1.23. The second-order valence-corrected chi connectivity index (χ2v) is 5.12. The topological polar surface area (TPSA) is 44.9 Å². The third-order valence-electron chi connectivity index (χ3n) is 4.15. The maximum Gasteiger partial charge on any atom is 0.147 e. The summed E-state index contributed by atoms with van der Waals surface area (Å²) in [6, 6.07) is 6.80. The SMILES string of the molecule is O=C1CN[C@@H]2Cc3c[nH]c4cccc(c34)C2C1. The van der Waals surface area contributed by atoms with Gasteiger partial charge in [-0.05, 0) is 23.6 Å². The van der Waals surface area contributed by atoms with Crippen molar-refractivity contribution in [2.75, 3.05) is 6.54 Å². The number of aromatic amines is 1. The highest BCUT2D eigenvalue weighted by molar-refractivity contribution is 5.90. The number of aromatic nitrogens is 1. The van der Waals surface area contributed by atoms with Gasteiger partial charge in [0.1, 0.15) is 5.78 Å². The quantitative estimate of drug-likeness (QED) is 0.718. The maximum atomic E-state index is 11.6. The molecule has 1 saturated heterocycles. The first kappa shape index (κ1) is 9.42. The van der Waals surface area contributed by atoms with Crippen LogP contribution in [0.4, 0.5) is 0 Å². The first-order valence-corrected chi connectivity index (χ1v) is 6.17. The second kappa shape index (κ2) is 3.20. The fourth-order valence-corrected chi connectivity index (χ4v) is 3.38. The minimum absolute atomic E-state index is 0.335. The molecule has 3 nitrogen and oxygen atoms in total. The van der Waals surface area contributed by atoms with E-state index in [9.17, 15) is 4.79 Å². The number of carbonyl (C=O) groups excluding carboxylic acids is 1. The Morgan fingerprint density at radius 1 is 1.24 bits per heavy atom. The van der Waals surface area contributed by atoms with Gasteiger partial charge in [-0.3, -0.25) is 4.79 Å². The standard InChI is InChI=1S/C14H14N2O/c17-9-5-11-10-2-1-3-12-14(10)8(6-15-12)4-13(11)16-7-9/h1-3,6,11,13,15-16H,4-5,7H2/t11?,13-/m1/s1. The van der Waals surface area contributed by atoms with Gasteiger partial charge in [0.2, 0.25) is 0 Å². The van der Waals surface area contributed by atoms with Crippen molar-refractivity contribution >= 4 is 16.7 Å². The Morgan fingerprint density at radius 3 is 3.12 bits per heavy atom. The van der Waals surface area contributed by atoms with E-state index < -0.39 is 0 Å². The first-order valence-electron chi connectivity index (χ1n) is 6.17. The fourth-order valence-electron chi connectivity index (χ4n) is 3.38. The zero-order valence-corrected chi connectivity index (χ0v) is 9.49. The number of piperidine rings is 1. The molecule has 2 aliphatic rings. The predicted octanol–water partition coefficient (Wildman–Crippen LogP) is 1.74. The zero-order chi connectivity index (χ0) is 11.4. The molecule has 1 aliphatic heterocycles. The Morgan fingerprint density at radius 2 is 2.18 bits per heavy atom. The minimum Gasteiger partial charge on any atom is -0.361 e. The van der Waals surface area contributed by atoms with Crippen LogP contribution in [0.2, 0.25) is 0 Å². The molecule has 1 aromatic heterocycles. The molecule has 0 radical (unpaired) electrons. The Bertz CT molecular complexity index is 614. The van der Waals surface area contributed by atoms with Gasteiger partial charge in [-0.25, -0.2) is 0 Å². The van der Waals surface area contributed by atoms with Crippen LogP contribution in [0.5, 0.6) is 0 Å². The summed E-state index contributed by atoms with van der Waals surface area (Å²) in [4.78, 5) is 14.9. The van der Waals surface area contributed by atoms with Crippen molar-refractivity contribution in [2.45, 2.75) is 24.8 Å². The van der Waals surface area contributed by atoms with E-state index in [4.69, 9.17) is 0 Å². The van der Waals surface area contributed by atoms with E-state index >= 15 is 0 Å². The average Bonchev–Trinajstić information content (AvgIpc) is 2.75. The van der Waals surface area contributed by atoms with Crippen molar-refractivity contribution in [1.29, 1.82) is 0 Å². The summed E-state index contributed by atoms with van der Waals surface area (Å²) in [5, 5.41) is 4.73. The lowest BCUT2D eigenvalue weighted by Gasteiger charge is -2.35. The molecule has 2 N–H and O–H groups in total. The van der Waals surface area contributed by atoms with Crippen LogP contribution in [0.1, 0.15) is 23.5 Å². The summed E-state index contributed by atoms with van der Waals surface area (Å²) in [6.45, 7) is 0.539. The highest BCUT2D eigenvalue weighted by Gasteiger charge is 2.35. The van der Waals surface area contributed by atoms with Gasteiger partial charge in [0.25, 0.3) is 0 Å². The highest BCUT2D eigenvalue weighted by Crippen LogP contribution is 2.39. The molecule has 1 fully saturated rings. The maximum absolute atomic E-state index is 11.6. The molecule has 1 aromatic carbocycles. The summed E-state index contributed by atoms with van der Waals surface area (Å²) < 4.78 is 0. The van der Waals surface area contributed by atoms with Crippen LogP contribution in [0.3, 0.4) is 0 Å². The van der Waals surface area contributed by atoms with Crippen LogP contribution in [-0.4, -0.2) is 23.4 Å². The number of nitrogens with one attached hydrogen (secondary N) is 2. The molecule has 0 bridgehead atoms. The lowest BCUT2D eigenvalue weighted by atomic mass is 9.76. The molecule has 2 atom stereocenters. The van der Waals surface area contributed by atoms with E-state index in [1.54, 1.807) is 0 Å². The van der Waals surface area contributed by atoms with Crippen LogP contribution < -0.4 is 5.32 Å². The second-order valence-electron chi connectivity index (χ2n) is 5.12. The number of carbonyl (C=O) groups is 1. The molecule has 17 heavy (non-hydrogen) atoms. The van der Waals surface area contributed by atoms with Crippen LogP contribution in [0, 0.1) is 0 Å². The summed E-state index contributed by atoms with van der Waals surface area (Å²) in [5.41, 5.74) is 3.93. The molecule has 2 aromatic rings. The predicted molar refractivity (Wildman–Crippen MR) is 66.2 cm³/mol. The summed E-state index contributed by atoms with van der Waals surface area (Å²) >= 11 is 0. The number of hydrogen-bond acceptors (Lipinski definition) is 2. The smallest absolute Gasteiger partial charge is 0.147 e. The minimum atomic E-state index is 0.335. The van der Waals surface area contributed by atoms with E-state index in [2.05, 4.69) is 34.7 Å². The van der Waals surface area contributed by atoms with Gasteiger partial charge in [0, 0.05) is 35.5 Å². The molecule has 4 rings (SSSR count). The Kier molecular flexibility index (Phi) is 1.77. The summed E-state index contributed by atoms with van der Waals surface area (Å²) in [5.74, 6) is 0.700. The van der Waals surface area contributed by atoms with E-state index in [-0.39, 0.29) is 0 Å². The van der Waals surface area contributed by atoms with Gasteiger partial charge in [0.15, 0.2) is 0 Å². The lowest BCUT2D eigenvalue weighted by Crippen LogP contribution is -2.47. The van der Waals surface area contributed by atoms with E-state index in [1.807, 2.05) is 0 Å². The van der Waals surface area contributed by atoms with Crippen molar-refractivity contribution in [3.05, 3.63) is 35.5 Å². The molecular weight excluding hydrogens is 212 g/mol. The normalized spacial score (nSPS) is 27.2. The Balaban J connectivity index is 1.95. The number of ketones is 1. The van der Waals surface area contributed by atoms with Crippen LogP contribution in [-0.2, 0) is 11.2 Å². The van der Waals surface area contributed by atoms with Gasteiger partial charge in [-0.15, -0.1) is 0 Å². The van der Waals surface area contributed by atoms with Crippen LogP contribution in [0.15, 0.2) is 24.4 Å². The van der Waals surface area contributed by atoms with Crippen molar-refractivity contribution in [1.82, 2.24) is 10.3 Å². The van der Waals surface area contributed by atoms with E-state index in [0.717, 1.165) is 6.42 Å². The first-order chi connectivity index (χ1) is 8.33. The monoisotopic (exact) mass is 226 g/mol. The number of benzene rings is 1. The average molecular weight is 226 g/mol. The van der Waals surface area contributed by atoms with Crippen molar-refractivity contribution < 1.29 is 4.79 Å². The molecule has 0 saturated carbocycles. The van der Waals surface area contributed by atoms with Crippen LogP contribution >= 0.6 is 0 Å². The molecule has 3 heteroatoms. The van der Waals surface area contributed by atoms with Crippen molar-refractivity contribution in [3.8, 4) is 0 Å². The summed E-state index contributed by atoms with van der Waals surface area (Å²) in [6.07, 6.45) is 3.85. The fraction of sp³-hybridized carbons (Fsp3) is 0.357. The Labute approximate surface area is 99.2 Å². The van der Waals surface area contributed by atoms with Crippen molar-refractivity contribution in [3.63, 3.8) is 0 Å². The largest absolute Gasteiger partial charge is 0.361 e. The number of Topliss-reactive ketones (excluding diaryl/α,β-unsaturated/α-hetero) is 1. The van der Waals surface area contributed by atoms with Crippen LogP contribution in [0.25, 0.3) is 10.9 Å². The summed E-state index contributed by atoms with van der Waals surface area (Å²) in [7, 11) is 0. The highest BCUT2D eigenvalue weighted by atomic mass is 16.1. The molecular formula is C14H14N2O. The number of rotatable bonds is 0. The molecule has 2 heterocycles. The van der Waals surface area contributed by atoms with Gasteiger partial charge in [-0.1, -0.05) is 12.1 Å². The number of fused-ring (bicyclic) bond motifs is 2. The molecule has 1 aliphatic carbocycles. The number of hydrogen-bond donors (Lipinski definition) is 2. The van der Waals surface area contributed by atoms with E-state index in [1.165, 1.54) is 22.0 Å². The molecule has 0 amide bonds. The van der Waals surface area contributed by atoms with Gasteiger partial charge in [0.05, 0.1) is 6.54 Å². The van der Waals surface area contributed by atoms with Gasteiger partial charge < -0.3 is 10.3 Å². The van der Waals surface area contributed by atoms with Gasteiger partial charge in [-0.2, -0.15) is 0 Å². The Hall–Kier alpha value is -1.61. The molecule has 0 spiro atoms.